The lowest BCUT2D eigenvalue weighted by Crippen LogP contribution is -2.55. The van der Waals surface area contributed by atoms with Gasteiger partial charge in [0, 0.05) is 11.5 Å². The summed E-state index contributed by atoms with van der Waals surface area (Å²) in [6.45, 7) is 5.75. The Bertz CT molecular complexity index is 561. The van der Waals surface area contributed by atoms with Crippen molar-refractivity contribution in [1.82, 2.24) is 4.90 Å². The number of hydrogen-bond acceptors (Lipinski definition) is 3. The van der Waals surface area contributed by atoms with Gasteiger partial charge >= 0.3 is 5.97 Å². The monoisotopic (exact) mass is 291 g/mol. The van der Waals surface area contributed by atoms with Crippen molar-refractivity contribution in [3.05, 3.63) is 22.9 Å². The quantitative estimate of drug-likeness (QED) is 0.638. The molecule has 1 saturated heterocycles. The van der Waals surface area contributed by atoms with E-state index in [1.807, 2.05) is 26.8 Å². The summed E-state index contributed by atoms with van der Waals surface area (Å²) in [5, 5.41) is 9.58. The average Bonchev–Trinajstić information content (AvgIpc) is 2.71. The number of aliphatic carboxylic acids is 1. The van der Waals surface area contributed by atoms with E-state index >= 15 is 0 Å². The zero-order chi connectivity index (χ0) is 15.3. The van der Waals surface area contributed by atoms with E-state index in [4.69, 9.17) is 4.74 Å². The van der Waals surface area contributed by atoms with Gasteiger partial charge in [0.2, 0.25) is 0 Å². The number of hydrogen-bond donors (Lipinski definition) is 1. The summed E-state index contributed by atoms with van der Waals surface area (Å²) < 4.78 is 5.94. The number of carboxylic acids is 1. The Kier molecular flexibility index (Phi) is 3.40. The van der Waals surface area contributed by atoms with Crippen molar-refractivity contribution in [3.63, 3.8) is 0 Å². The lowest BCUT2D eigenvalue weighted by atomic mass is 9.75. The van der Waals surface area contributed by atoms with Crippen LogP contribution in [0.15, 0.2) is 22.9 Å². The molecule has 1 saturated carbocycles. The van der Waals surface area contributed by atoms with Crippen LogP contribution in [0.25, 0.3) is 0 Å². The second kappa shape index (κ2) is 4.98. The van der Waals surface area contributed by atoms with Crippen LogP contribution in [0.4, 0.5) is 0 Å². The number of carboxylic acid groups (broad SMARTS) is 1. The molecule has 3 rings (SSSR count). The molecule has 0 bridgehead atoms. The molecule has 1 N–H and O–H groups in total. The van der Waals surface area contributed by atoms with Gasteiger partial charge in [-0.25, -0.2) is 4.79 Å². The van der Waals surface area contributed by atoms with E-state index in [0.717, 1.165) is 30.4 Å². The molecule has 0 unspecified atom stereocenters. The van der Waals surface area contributed by atoms with Crippen LogP contribution in [0, 0.1) is 5.92 Å². The fourth-order valence-corrected chi connectivity index (χ4v) is 3.96. The number of carbonyl (C=O) groups is 2. The standard InChI is InChI=1S/C16H21NO4/c1-4-9-13-10-6-5-7-11(21-8(2)3)12(10)14(16(19)20)17(13)15(9)18/h4,8,10-11,13H,5-7H2,1-3H3,(H,19,20)/b9-4+/t10-,11-,13+/m1/s1. The van der Waals surface area contributed by atoms with Gasteiger partial charge in [-0.2, -0.15) is 0 Å². The number of amides is 1. The van der Waals surface area contributed by atoms with Crippen LogP contribution in [0.2, 0.25) is 0 Å². The van der Waals surface area contributed by atoms with Crippen molar-refractivity contribution in [3.8, 4) is 0 Å². The molecule has 0 aromatic rings. The number of allylic oxidation sites excluding steroid dienone is 1. The summed E-state index contributed by atoms with van der Waals surface area (Å²) in [6, 6.07) is -0.0813. The minimum absolute atomic E-state index is 0.0430. The topological polar surface area (TPSA) is 66.8 Å². The van der Waals surface area contributed by atoms with E-state index in [0.29, 0.717) is 0 Å². The first-order valence-corrected chi connectivity index (χ1v) is 7.60. The van der Waals surface area contributed by atoms with Crippen LogP contribution in [0.3, 0.4) is 0 Å². The minimum Gasteiger partial charge on any atom is -0.477 e. The van der Waals surface area contributed by atoms with E-state index in [9.17, 15) is 14.7 Å². The van der Waals surface area contributed by atoms with Crippen molar-refractivity contribution in [2.45, 2.75) is 58.3 Å². The fourth-order valence-electron chi connectivity index (χ4n) is 3.96. The zero-order valence-electron chi connectivity index (χ0n) is 12.6. The van der Waals surface area contributed by atoms with Gasteiger partial charge in [0.15, 0.2) is 0 Å². The molecule has 0 spiro atoms. The summed E-state index contributed by atoms with van der Waals surface area (Å²) in [4.78, 5) is 25.3. The van der Waals surface area contributed by atoms with Crippen molar-refractivity contribution in [1.29, 1.82) is 0 Å². The summed E-state index contributed by atoms with van der Waals surface area (Å²) >= 11 is 0. The first kappa shape index (κ1) is 14.3. The van der Waals surface area contributed by atoms with Gasteiger partial charge in [-0.3, -0.25) is 9.69 Å². The number of nitrogens with zero attached hydrogens (tertiary/aromatic N) is 1. The Morgan fingerprint density at radius 2 is 2.14 bits per heavy atom. The zero-order valence-corrected chi connectivity index (χ0v) is 12.6. The Morgan fingerprint density at radius 3 is 2.71 bits per heavy atom. The molecule has 0 radical (unpaired) electrons. The lowest BCUT2D eigenvalue weighted by molar-refractivity contribution is -0.142. The van der Waals surface area contributed by atoms with E-state index in [1.165, 1.54) is 4.90 Å². The summed E-state index contributed by atoms with van der Waals surface area (Å²) in [6.07, 6.45) is 4.46. The Hall–Kier alpha value is -1.62. The maximum absolute atomic E-state index is 12.2. The van der Waals surface area contributed by atoms with Gasteiger partial charge in [-0.05, 0) is 45.6 Å². The summed E-state index contributed by atoms with van der Waals surface area (Å²) in [7, 11) is 0. The molecule has 2 fully saturated rings. The van der Waals surface area contributed by atoms with E-state index < -0.39 is 5.97 Å². The van der Waals surface area contributed by atoms with Crippen LogP contribution in [-0.2, 0) is 14.3 Å². The van der Waals surface area contributed by atoms with Crippen molar-refractivity contribution in [2.24, 2.45) is 5.92 Å². The molecule has 3 atom stereocenters. The summed E-state index contributed by atoms with van der Waals surface area (Å²) in [5.74, 6) is -1.07. The third-order valence-electron chi connectivity index (χ3n) is 4.64. The Balaban J connectivity index is 2.04. The number of rotatable bonds is 3. The predicted octanol–water partition coefficient (Wildman–Crippen LogP) is 2.09. The number of ether oxygens (including phenoxy) is 1. The largest absolute Gasteiger partial charge is 0.477 e. The van der Waals surface area contributed by atoms with Gasteiger partial charge in [0.05, 0.1) is 18.2 Å². The molecule has 114 valence electrons. The fraction of sp³-hybridized carbons (Fsp3) is 0.625. The van der Waals surface area contributed by atoms with Gasteiger partial charge in [-0.1, -0.05) is 6.08 Å². The number of fused-ring (bicyclic) bond motifs is 3. The molecule has 0 aromatic heterocycles. The third kappa shape index (κ3) is 1.94. The van der Waals surface area contributed by atoms with Crippen molar-refractivity contribution >= 4 is 11.9 Å². The lowest BCUT2D eigenvalue weighted by Gasteiger charge is -2.42. The molecule has 1 aliphatic carbocycles. The SMILES string of the molecule is C/C=C1/C(=O)N2C(C(=O)O)=C3[C@@H](CCC[C@H]3OC(C)C)[C@H]12. The van der Waals surface area contributed by atoms with Crippen molar-refractivity contribution in [2.75, 3.05) is 0 Å². The van der Waals surface area contributed by atoms with E-state index in [2.05, 4.69) is 0 Å². The third-order valence-corrected chi connectivity index (χ3v) is 4.64. The highest BCUT2D eigenvalue weighted by atomic mass is 16.5. The molecule has 5 nitrogen and oxygen atoms in total. The molecular formula is C16H21NO4. The molecule has 2 heterocycles. The summed E-state index contributed by atoms with van der Waals surface area (Å²) in [5.41, 5.74) is 1.75. The maximum atomic E-state index is 12.2. The average molecular weight is 291 g/mol. The van der Waals surface area contributed by atoms with E-state index in [-0.39, 0.29) is 35.8 Å². The second-order valence-electron chi connectivity index (χ2n) is 6.18. The smallest absolute Gasteiger partial charge is 0.352 e. The highest BCUT2D eigenvalue weighted by Crippen LogP contribution is 2.51. The molecule has 1 amide bonds. The van der Waals surface area contributed by atoms with Crippen LogP contribution < -0.4 is 0 Å². The van der Waals surface area contributed by atoms with Crippen LogP contribution in [-0.4, -0.2) is 40.1 Å². The van der Waals surface area contributed by atoms with Crippen LogP contribution >= 0.6 is 0 Å². The first-order valence-electron chi connectivity index (χ1n) is 7.60. The van der Waals surface area contributed by atoms with Crippen molar-refractivity contribution < 1.29 is 19.4 Å². The first-order chi connectivity index (χ1) is 9.97. The van der Waals surface area contributed by atoms with Gasteiger partial charge in [-0.15, -0.1) is 0 Å². The Morgan fingerprint density at radius 1 is 1.43 bits per heavy atom. The van der Waals surface area contributed by atoms with Gasteiger partial charge < -0.3 is 9.84 Å². The normalized spacial score (nSPS) is 33.3. The number of β-lactam (4-membered cyclic amide) rings is 1. The molecule has 0 aromatic carbocycles. The molecule has 21 heavy (non-hydrogen) atoms. The van der Waals surface area contributed by atoms with Crippen LogP contribution in [0.5, 0.6) is 0 Å². The van der Waals surface area contributed by atoms with Gasteiger partial charge in [0.25, 0.3) is 5.91 Å². The maximum Gasteiger partial charge on any atom is 0.352 e. The molecular weight excluding hydrogens is 270 g/mol. The van der Waals surface area contributed by atoms with E-state index in [1.54, 1.807) is 0 Å². The van der Waals surface area contributed by atoms with Gasteiger partial charge in [0.1, 0.15) is 5.70 Å². The second-order valence-corrected chi connectivity index (χ2v) is 6.18. The van der Waals surface area contributed by atoms with Crippen LogP contribution in [0.1, 0.15) is 40.0 Å². The molecule has 3 aliphatic rings. The predicted molar refractivity (Wildman–Crippen MR) is 76.4 cm³/mol. The molecule has 2 aliphatic heterocycles. The Labute approximate surface area is 124 Å². The minimum atomic E-state index is -1.01. The number of carbonyl (C=O) groups excluding carboxylic acids is 1. The highest BCUT2D eigenvalue weighted by molar-refractivity contribution is 6.09. The molecule has 5 heteroatoms. The highest BCUT2D eigenvalue weighted by Gasteiger charge is 2.58.